The number of ether oxygens (including phenoxy) is 1. The predicted octanol–water partition coefficient (Wildman–Crippen LogP) is 6.05. The number of carbonyl (C=O) groups excluding carboxylic acids is 1. The van der Waals surface area contributed by atoms with Crippen LogP contribution < -0.4 is 10.1 Å². The highest BCUT2D eigenvalue weighted by molar-refractivity contribution is 6.42. The van der Waals surface area contributed by atoms with Gasteiger partial charge >= 0.3 is 0 Å². The second-order valence-corrected chi connectivity index (χ2v) is 6.74. The van der Waals surface area contributed by atoms with E-state index >= 15 is 0 Å². The molecule has 1 unspecified atom stereocenters. The number of halogens is 2. The fourth-order valence-electron chi connectivity index (χ4n) is 2.66. The summed E-state index contributed by atoms with van der Waals surface area (Å²) < 4.78 is 11.2. The van der Waals surface area contributed by atoms with Crippen molar-refractivity contribution in [3.8, 4) is 5.75 Å². The summed E-state index contributed by atoms with van der Waals surface area (Å²) in [5, 5.41) is 3.75. The summed E-state index contributed by atoms with van der Waals surface area (Å²) in [4.78, 5) is 12.5. The second kappa shape index (κ2) is 8.98. The van der Waals surface area contributed by atoms with Crippen molar-refractivity contribution in [3.05, 3.63) is 87.8 Å². The van der Waals surface area contributed by atoms with Gasteiger partial charge in [0.15, 0.2) is 5.76 Å². The van der Waals surface area contributed by atoms with Crippen LogP contribution in [0.25, 0.3) is 0 Å². The van der Waals surface area contributed by atoms with Gasteiger partial charge in [0.25, 0.3) is 5.91 Å². The maximum Gasteiger partial charge on any atom is 0.287 e. The average molecular weight is 404 g/mol. The highest BCUT2D eigenvalue weighted by atomic mass is 35.5. The Morgan fingerprint density at radius 1 is 1.07 bits per heavy atom. The van der Waals surface area contributed by atoms with Gasteiger partial charge in [-0.3, -0.25) is 4.79 Å². The van der Waals surface area contributed by atoms with Gasteiger partial charge in [-0.05, 0) is 36.2 Å². The normalized spacial score (nSPS) is 11.8. The summed E-state index contributed by atoms with van der Waals surface area (Å²) in [6.07, 6.45) is 0.777. The van der Waals surface area contributed by atoms with Crippen LogP contribution in [0.1, 0.15) is 41.3 Å². The zero-order valence-corrected chi connectivity index (χ0v) is 16.3. The number of hydrogen-bond acceptors (Lipinski definition) is 3. The SMILES string of the molecule is CCC(NC(=O)c1ccc(COc2cccc(Cl)c2Cl)o1)c1ccccc1. The smallest absolute Gasteiger partial charge is 0.287 e. The van der Waals surface area contributed by atoms with Gasteiger partial charge in [0.1, 0.15) is 23.1 Å². The Bertz CT molecular complexity index is 909. The van der Waals surface area contributed by atoms with Crippen molar-refractivity contribution in [1.29, 1.82) is 0 Å². The van der Waals surface area contributed by atoms with Crippen molar-refractivity contribution in [2.24, 2.45) is 0 Å². The number of carbonyl (C=O) groups is 1. The van der Waals surface area contributed by atoms with Gasteiger partial charge in [-0.15, -0.1) is 0 Å². The van der Waals surface area contributed by atoms with Crippen LogP contribution in [0.5, 0.6) is 5.75 Å². The predicted molar refractivity (Wildman–Crippen MR) is 106 cm³/mol. The van der Waals surface area contributed by atoms with Crippen LogP contribution in [0.2, 0.25) is 10.0 Å². The van der Waals surface area contributed by atoms with Crippen LogP contribution in [0.4, 0.5) is 0 Å². The van der Waals surface area contributed by atoms with Crippen molar-refractivity contribution < 1.29 is 13.9 Å². The molecule has 0 radical (unpaired) electrons. The Balaban J connectivity index is 1.63. The van der Waals surface area contributed by atoms with Crippen molar-refractivity contribution in [2.75, 3.05) is 0 Å². The van der Waals surface area contributed by atoms with Crippen molar-refractivity contribution in [2.45, 2.75) is 26.0 Å². The zero-order valence-electron chi connectivity index (χ0n) is 14.7. The molecule has 4 nitrogen and oxygen atoms in total. The number of furan rings is 1. The molecule has 3 rings (SSSR count). The summed E-state index contributed by atoms with van der Waals surface area (Å²) in [7, 11) is 0. The van der Waals surface area contributed by atoms with Gasteiger partial charge in [-0.2, -0.15) is 0 Å². The zero-order chi connectivity index (χ0) is 19.2. The van der Waals surface area contributed by atoms with Gasteiger partial charge in [-0.1, -0.05) is 66.5 Å². The molecule has 0 fully saturated rings. The van der Waals surface area contributed by atoms with Crippen LogP contribution in [0.15, 0.2) is 65.1 Å². The Labute approximate surface area is 168 Å². The maximum absolute atomic E-state index is 12.5. The molecule has 27 heavy (non-hydrogen) atoms. The number of benzene rings is 2. The van der Waals surface area contributed by atoms with E-state index in [0.29, 0.717) is 21.6 Å². The number of rotatable bonds is 7. The van der Waals surface area contributed by atoms with Gasteiger partial charge < -0.3 is 14.5 Å². The molecule has 0 aliphatic heterocycles. The molecule has 1 aromatic heterocycles. The van der Waals surface area contributed by atoms with Crippen molar-refractivity contribution in [1.82, 2.24) is 5.32 Å². The molecule has 0 bridgehead atoms. The van der Waals surface area contributed by atoms with Gasteiger partial charge in [-0.25, -0.2) is 0 Å². The summed E-state index contributed by atoms with van der Waals surface area (Å²) in [5.74, 6) is 0.948. The molecule has 0 spiro atoms. The first-order chi connectivity index (χ1) is 13.1. The summed E-state index contributed by atoms with van der Waals surface area (Å²) in [6.45, 7) is 2.16. The molecule has 0 aliphatic rings. The molecule has 1 atom stereocenters. The minimum atomic E-state index is -0.266. The van der Waals surface area contributed by atoms with E-state index in [1.807, 2.05) is 37.3 Å². The lowest BCUT2D eigenvalue weighted by atomic mass is 10.0. The molecule has 0 aliphatic carbocycles. The first-order valence-electron chi connectivity index (χ1n) is 8.59. The topological polar surface area (TPSA) is 51.5 Å². The molecule has 1 heterocycles. The summed E-state index contributed by atoms with van der Waals surface area (Å²) in [5.41, 5.74) is 1.05. The molecular weight excluding hydrogens is 385 g/mol. The second-order valence-electron chi connectivity index (χ2n) is 5.95. The maximum atomic E-state index is 12.5. The minimum absolute atomic E-state index is 0.0752. The van der Waals surface area contributed by atoms with E-state index in [2.05, 4.69) is 5.32 Å². The van der Waals surface area contributed by atoms with E-state index < -0.39 is 0 Å². The lowest BCUT2D eigenvalue weighted by Crippen LogP contribution is -2.27. The molecule has 6 heteroatoms. The molecule has 2 aromatic carbocycles. The van der Waals surface area contributed by atoms with Crippen LogP contribution in [-0.2, 0) is 6.61 Å². The van der Waals surface area contributed by atoms with Crippen LogP contribution in [0, 0.1) is 0 Å². The number of amides is 1. The Kier molecular flexibility index (Phi) is 6.43. The summed E-state index contributed by atoms with van der Waals surface area (Å²) >= 11 is 12.1. The molecule has 3 aromatic rings. The third-order valence-corrected chi connectivity index (χ3v) is 4.89. The lowest BCUT2D eigenvalue weighted by molar-refractivity contribution is 0.0903. The molecular formula is C21H19Cl2NO3. The van der Waals surface area contributed by atoms with E-state index in [4.69, 9.17) is 32.4 Å². The molecule has 0 saturated carbocycles. The fraction of sp³-hybridized carbons (Fsp3) is 0.190. The average Bonchev–Trinajstić information content (AvgIpc) is 3.17. The summed E-state index contributed by atoms with van der Waals surface area (Å²) in [6, 6.07) is 18.2. The molecule has 1 amide bonds. The van der Waals surface area contributed by atoms with Crippen molar-refractivity contribution in [3.63, 3.8) is 0 Å². The quantitative estimate of drug-likeness (QED) is 0.522. The van der Waals surface area contributed by atoms with Crippen LogP contribution >= 0.6 is 23.2 Å². The highest BCUT2D eigenvalue weighted by Crippen LogP contribution is 2.32. The molecule has 1 N–H and O–H groups in total. The third kappa shape index (κ3) is 4.85. The van der Waals surface area contributed by atoms with E-state index in [-0.39, 0.29) is 24.3 Å². The number of nitrogens with one attached hydrogen (secondary N) is 1. The van der Waals surface area contributed by atoms with E-state index in [0.717, 1.165) is 12.0 Å². The Morgan fingerprint density at radius 3 is 2.59 bits per heavy atom. The first-order valence-corrected chi connectivity index (χ1v) is 9.35. The van der Waals surface area contributed by atoms with Crippen molar-refractivity contribution >= 4 is 29.1 Å². The molecule has 140 valence electrons. The van der Waals surface area contributed by atoms with E-state index in [1.54, 1.807) is 30.3 Å². The van der Waals surface area contributed by atoms with Gasteiger partial charge in [0.2, 0.25) is 0 Å². The van der Waals surface area contributed by atoms with E-state index in [9.17, 15) is 4.79 Å². The molecule has 0 saturated heterocycles. The standard InChI is InChI=1S/C21H19Cl2NO3/c1-2-17(14-7-4-3-5-8-14)24-21(25)19-12-11-15(27-19)13-26-18-10-6-9-16(22)20(18)23/h3-12,17H,2,13H2,1H3,(H,24,25). The third-order valence-electron chi connectivity index (χ3n) is 4.09. The Hall–Kier alpha value is -2.43. The fourth-order valence-corrected chi connectivity index (χ4v) is 3.00. The van der Waals surface area contributed by atoms with Crippen LogP contribution in [-0.4, -0.2) is 5.91 Å². The largest absolute Gasteiger partial charge is 0.484 e. The van der Waals surface area contributed by atoms with Gasteiger partial charge in [0.05, 0.1) is 11.1 Å². The minimum Gasteiger partial charge on any atom is -0.484 e. The van der Waals surface area contributed by atoms with Gasteiger partial charge in [0, 0.05) is 0 Å². The number of hydrogen-bond donors (Lipinski definition) is 1. The lowest BCUT2D eigenvalue weighted by Gasteiger charge is -2.16. The van der Waals surface area contributed by atoms with E-state index in [1.165, 1.54) is 0 Å². The Morgan fingerprint density at radius 2 is 1.85 bits per heavy atom. The first kappa shape index (κ1) is 19.3. The highest BCUT2D eigenvalue weighted by Gasteiger charge is 2.17. The monoisotopic (exact) mass is 403 g/mol. The van der Waals surface area contributed by atoms with Crippen LogP contribution in [0.3, 0.4) is 0 Å².